The minimum absolute atomic E-state index is 0.0155. The van der Waals surface area contributed by atoms with Gasteiger partial charge in [0, 0.05) is 69.2 Å². The number of ether oxygens (including phenoxy) is 1. The lowest BCUT2D eigenvalue weighted by Gasteiger charge is -2.38. The van der Waals surface area contributed by atoms with Crippen LogP contribution in [0.2, 0.25) is 5.02 Å². The number of carbonyl (C=O) groups excluding carboxylic acids is 6. The van der Waals surface area contributed by atoms with Crippen molar-refractivity contribution in [1.29, 1.82) is 0 Å². The van der Waals surface area contributed by atoms with Gasteiger partial charge in [0.1, 0.15) is 23.9 Å². The number of anilines is 1. The predicted molar refractivity (Wildman–Crippen MR) is 230 cm³/mol. The molecule has 0 bridgehead atoms. The van der Waals surface area contributed by atoms with Gasteiger partial charge in [-0.25, -0.2) is 9.97 Å². The maximum absolute atomic E-state index is 14.0. The number of benzene rings is 2. The molecule has 2 aromatic carbocycles. The van der Waals surface area contributed by atoms with E-state index in [1.54, 1.807) is 30.3 Å². The van der Waals surface area contributed by atoms with Crippen LogP contribution in [0.5, 0.6) is 5.75 Å². The fourth-order valence-corrected chi connectivity index (χ4v) is 8.97. The van der Waals surface area contributed by atoms with Crippen LogP contribution in [0.1, 0.15) is 127 Å². The molecule has 3 aromatic rings. The summed E-state index contributed by atoms with van der Waals surface area (Å²) in [4.78, 5) is 90.8. The molecule has 0 saturated carbocycles. The largest absolute Gasteiger partial charge is 0.493 e. The highest BCUT2D eigenvalue weighted by Gasteiger charge is 2.46. The third-order valence-corrected chi connectivity index (χ3v) is 12.5. The highest BCUT2D eigenvalue weighted by atomic mass is 35.5. The molecule has 6 amide bonds. The van der Waals surface area contributed by atoms with E-state index in [2.05, 4.69) is 37.7 Å². The number of carbonyl (C=O) groups is 6. The first-order valence-electron chi connectivity index (χ1n) is 21.8. The third kappa shape index (κ3) is 10.2. The molecule has 0 radical (unpaired) electrons. The van der Waals surface area contributed by atoms with Gasteiger partial charge in [-0.05, 0) is 61.4 Å². The number of aromatic nitrogens is 2. The van der Waals surface area contributed by atoms with Gasteiger partial charge in [0.05, 0.1) is 35.4 Å². The number of halogens is 1. The van der Waals surface area contributed by atoms with Gasteiger partial charge in [0.15, 0.2) is 0 Å². The van der Waals surface area contributed by atoms with Gasteiger partial charge in [-0.15, -0.1) is 0 Å². The van der Waals surface area contributed by atoms with E-state index < -0.39 is 41.7 Å². The maximum Gasteiger partial charge on any atom is 0.266 e. The van der Waals surface area contributed by atoms with E-state index in [4.69, 9.17) is 16.3 Å². The third-order valence-electron chi connectivity index (χ3n) is 12.2. The number of hydrogen-bond acceptors (Lipinski definition) is 12. The standard InChI is InChI=1S/C45H55ClN8O8/c1-28-25-34(55)40-38(28)41(50-27-49-40)52-20-22-53(23-21-52)43(59)32(29-11-13-30(46)14-12-29)26-47-19-17-36(56)48-18-6-4-2-3-5-7-24-62-35-10-8-9-31-39(35)45(61)54(44(31)60)33-15-16-37(57)51-42(33)58/h8-14,27-28,32-34,47,55H,2-7,15-26H2,1H3,(H,48,56)(H,51,57,58). The number of hydrogen-bond donors (Lipinski definition) is 4. The molecule has 62 heavy (non-hydrogen) atoms. The number of nitrogens with one attached hydrogen (secondary N) is 3. The highest BCUT2D eigenvalue weighted by molar-refractivity contribution is 6.30. The monoisotopic (exact) mass is 870 g/mol. The van der Waals surface area contributed by atoms with Crippen LogP contribution in [0.4, 0.5) is 5.82 Å². The molecule has 16 nitrogen and oxygen atoms in total. The van der Waals surface area contributed by atoms with Gasteiger partial charge >= 0.3 is 0 Å². The molecular formula is C45H55ClN8O8. The number of rotatable bonds is 19. The summed E-state index contributed by atoms with van der Waals surface area (Å²) in [6.45, 7) is 6.15. The van der Waals surface area contributed by atoms with Gasteiger partial charge in [-0.2, -0.15) is 0 Å². The van der Waals surface area contributed by atoms with E-state index >= 15 is 0 Å². The second kappa shape index (κ2) is 20.6. The Kier molecular flexibility index (Phi) is 14.8. The molecule has 2 saturated heterocycles. The van der Waals surface area contributed by atoms with Crippen LogP contribution in [0.15, 0.2) is 48.8 Å². The molecular weight excluding hydrogens is 816 g/mol. The number of nitrogens with zero attached hydrogens (tertiary/aromatic N) is 5. The predicted octanol–water partition coefficient (Wildman–Crippen LogP) is 4.02. The van der Waals surface area contributed by atoms with E-state index in [-0.39, 0.29) is 48.1 Å². The molecule has 4 heterocycles. The van der Waals surface area contributed by atoms with Crippen molar-refractivity contribution in [2.24, 2.45) is 0 Å². The molecule has 4 unspecified atom stereocenters. The van der Waals surface area contributed by atoms with Gasteiger partial charge < -0.3 is 30.3 Å². The van der Waals surface area contributed by atoms with Crippen molar-refractivity contribution in [2.45, 2.75) is 95.1 Å². The highest BCUT2D eigenvalue weighted by Crippen LogP contribution is 2.43. The Bertz CT molecular complexity index is 2150. The molecule has 1 aliphatic carbocycles. The second-order valence-electron chi connectivity index (χ2n) is 16.5. The van der Waals surface area contributed by atoms with Crippen molar-refractivity contribution in [1.82, 2.24) is 35.7 Å². The first-order valence-corrected chi connectivity index (χ1v) is 22.2. The Morgan fingerprint density at radius 2 is 1.68 bits per heavy atom. The van der Waals surface area contributed by atoms with E-state index in [0.29, 0.717) is 75.3 Å². The second-order valence-corrected chi connectivity index (χ2v) is 16.9. The zero-order chi connectivity index (χ0) is 43.8. The van der Waals surface area contributed by atoms with E-state index in [1.807, 2.05) is 17.0 Å². The molecule has 4 N–H and O–H groups in total. The van der Waals surface area contributed by atoms with E-state index in [9.17, 15) is 33.9 Å². The van der Waals surface area contributed by atoms with Crippen LogP contribution in [0, 0.1) is 0 Å². The average Bonchev–Trinajstić information content (AvgIpc) is 3.71. The number of fused-ring (bicyclic) bond motifs is 2. The fourth-order valence-electron chi connectivity index (χ4n) is 8.84. The number of piperidine rings is 1. The lowest BCUT2D eigenvalue weighted by molar-refractivity contribution is -0.136. The smallest absolute Gasteiger partial charge is 0.266 e. The Morgan fingerprint density at radius 1 is 0.935 bits per heavy atom. The van der Waals surface area contributed by atoms with Crippen molar-refractivity contribution in [2.75, 3.05) is 57.3 Å². The Morgan fingerprint density at radius 3 is 2.44 bits per heavy atom. The van der Waals surface area contributed by atoms with Crippen molar-refractivity contribution < 1.29 is 38.6 Å². The van der Waals surface area contributed by atoms with Crippen LogP contribution >= 0.6 is 11.6 Å². The quantitative estimate of drug-likeness (QED) is 0.0998. The van der Waals surface area contributed by atoms with Crippen LogP contribution in [-0.4, -0.2) is 119 Å². The summed E-state index contributed by atoms with van der Waals surface area (Å²) in [5.74, 6) is -1.39. The number of aliphatic hydroxyl groups is 1. The summed E-state index contributed by atoms with van der Waals surface area (Å²) in [5, 5.41) is 19.6. The minimum atomic E-state index is -1.03. The van der Waals surface area contributed by atoms with Crippen molar-refractivity contribution >= 4 is 52.9 Å². The summed E-state index contributed by atoms with van der Waals surface area (Å²) in [6, 6.07) is 11.1. The maximum atomic E-state index is 14.0. The van der Waals surface area contributed by atoms with Crippen molar-refractivity contribution in [3.63, 3.8) is 0 Å². The molecule has 3 aliphatic heterocycles. The van der Waals surface area contributed by atoms with Crippen LogP contribution in [-0.2, 0) is 19.2 Å². The molecule has 0 spiro atoms. The summed E-state index contributed by atoms with van der Waals surface area (Å²) < 4.78 is 5.93. The number of piperazine rings is 1. The average molecular weight is 871 g/mol. The SMILES string of the molecule is CC1CC(O)c2ncnc(N3CCN(C(=O)C(CNCCC(=O)NCCCCCCCCOc4cccc5c4C(=O)N(C4CCC(=O)NC4=O)C5=O)c4ccc(Cl)cc4)CC3)c21. The summed E-state index contributed by atoms with van der Waals surface area (Å²) in [7, 11) is 0. The summed E-state index contributed by atoms with van der Waals surface area (Å²) in [5.41, 5.74) is 2.91. The number of aliphatic hydroxyl groups excluding tert-OH is 1. The van der Waals surface area contributed by atoms with Crippen LogP contribution < -0.4 is 25.6 Å². The fraction of sp³-hybridized carbons (Fsp3) is 0.511. The molecule has 4 aliphatic rings. The number of imide groups is 2. The Labute approximate surface area is 366 Å². The minimum Gasteiger partial charge on any atom is -0.493 e. The normalized spacial score (nSPS) is 20.2. The molecule has 330 valence electrons. The first-order chi connectivity index (χ1) is 30.0. The lowest BCUT2D eigenvalue weighted by Crippen LogP contribution is -2.54. The van der Waals surface area contributed by atoms with Crippen molar-refractivity contribution in [3.8, 4) is 5.75 Å². The molecule has 7 rings (SSSR count). The van der Waals surface area contributed by atoms with Gasteiger partial charge in [-0.3, -0.25) is 39.0 Å². The van der Waals surface area contributed by atoms with Crippen LogP contribution in [0.3, 0.4) is 0 Å². The van der Waals surface area contributed by atoms with Gasteiger partial charge in [0.2, 0.25) is 23.6 Å². The van der Waals surface area contributed by atoms with E-state index in [0.717, 1.165) is 60.4 Å². The molecule has 4 atom stereocenters. The molecule has 2 fully saturated rings. The number of amides is 6. The Hall–Kier alpha value is -5.45. The molecule has 1 aromatic heterocycles. The zero-order valence-corrected chi connectivity index (χ0v) is 35.8. The lowest BCUT2D eigenvalue weighted by atomic mass is 9.97. The molecule has 17 heteroatoms. The van der Waals surface area contributed by atoms with Crippen molar-refractivity contribution in [3.05, 3.63) is 81.8 Å². The summed E-state index contributed by atoms with van der Waals surface area (Å²) >= 11 is 6.18. The topological polar surface area (TPSA) is 203 Å². The van der Waals surface area contributed by atoms with Crippen LogP contribution in [0.25, 0.3) is 0 Å². The van der Waals surface area contributed by atoms with Gasteiger partial charge in [0.25, 0.3) is 11.8 Å². The zero-order valence-electron chi connectivity index (χ0n) is 35.1. The van der Waals surface area contributed by atoms with Gasteiger partial charge in [-0.1, -0.05) is 62.4 Å². The summed E-state index contributed by atoms with van der Waals surface area (Å²) in [6.07, 6.45) is 7.46. The first kappa shape index (κ1) is 44.6. The number of unbranched alkanes of at least 4 members (excludes halogenated alkanes) is 5. The van der Waals surface area contributed by atoms with E-state index in [1.165, 1.54) is 6.33 Å². The Balaban J connectivity index is 0.766.